The standard InChI is InChI=1S/C12H16N4O3/c1-3-15-12(11(16(17)18)9(2)14-15)13-7-6-10-5-4-8-19-10/h4-5,8,13H,3,6-7H2,1-2H3. The van der Waals surface area contributed by atoms with E-state index in [1.54, 1.807) is 17.9 Å². The van der Waals surface area contributed by atoms with Crippen molar-refractivity contribution in [2.45, 2.75) is 26.8 Å². The van der Waals surface area contributed by atoms with E-state index in [4.69, 9.17) is 4.42 Å². The van der Waals surface area contributed by atoms with Gasteiger partial charge < -0.3 is 9.73 Å². The van der Waals surface area contributed by atoms with Crippen LogP contribution in [0.25, 0.3) is 0 Å². The molecule has 0 aliphatic rings. The molecular weight excluding hydrogens is 248 g/mol. The molecule has 2 rings (SSSR count). The van der Waals surface area contributed by atoms with Crippen LogP contribution in [0.5, 0.6) is 0 Å². The van der Waals surface area contributed by atoms with E-state index in [1.165, 1.54) is 0 Å². The van der Waals surface area contributed by atoms with E-state index in [9.17, 15) is 10.1 Å². The SMILES string of the molecule is CCn1nc(C)c([N+](=O)[O-])c1NCCc1ccco1. The van der Waals surface area contributed by atoms with Gasteiger partial charge in [0.2, 0.25) is 5.82 Å². The van der Waals surface area contributed by atoms with Gasteiger partial charge in [0, 0.05) is 19.5 Å². The molecule has 7 nitrogen and oxygen atoms in total. The number of anilines is 1. The molecule has 0 amide bonds. The summed E-state index contributed by atoms with van der Waals surface area (Å²) in [6, 6.07) is 3.69. The normalized spacial score (nSPS) is 10.6. The van der Waals surface area contributed by atoms with Crippen LogP contribution in [0.1, 0.15) is 18.4 Å². The van der Waals surface area contributed by atoms with Crippen molar-refractivity contribution >= 4 is 11.5 Å². The molecular formula is C12H16N4O3. The highest BCUT2D eigenvalue weighted by molar-refractivity contribution is 5.59. The molecule has 0 aliphatic heterocycles. The first-order valence-corrected chi connectivity index (χ1v) is 6.11. The highest BCUT2D eigenvalue weighted by Crippen LogP contribution is 2.27. The summed E-state index contributed by atoms with van der Waals surface area (Å²) >= 11 is 0. The first-order valence-electron chi connectivity index (χ1n) is 6.11. The lowest BCUT2D eigenvalue weighted by molar-refractivity contribution is -0.384. The Morgan fingerprint density at radius 2 is 2.37 bits per heavy atom. The lowest BCUT2D eigenvalue weighted by atomic mass is 10.3. The van der Waals surface area contributed by atoms with E-state index >= 15 is 0 Å². The molecule has 0 unspecified atom stereocenters. The first-order chi connectivity index (χ1) is 9.13. The largest absolute Gasteiger partial charge is 0.469 e. The summed E-state index contributed by atoms with van der Waals surface area (Å²) < 4.78 is 6.82. The van der Waals surface area contributed by atoms with Crippen LogP contribution in [-0.4, -0.2) is 21.2 Å². The molecule has 102 valence electrons. The summed E-state index contributed by atoms with van der Waals surface area (Å²) in [5.41, 5.74) is 0.466. The lowest BCUT2D eigenvalue weighted by Crippen LogP contribution is -2.11. The average Bonchev–Trinajstić information content (AvgIpc) is 2.97. The van der Waals surface area contributed by atoms with Crippen molar-refractivity contribution in [1.29, 1.82) is 0 Å². The summed E-state index contributed by atoms with van der Waals surface area (Å²) in [7, 11) is 0. The summed E-state index contributed by atoms with van der Waals surface area (Å²) in [6.07, 6.45) is 2.27. The van der Waals surface area contributed by atoms with Crippen molar-refractivity contribution in [3.8, 4) is 0 Å². The Morgan fingerprint density at radius 1 is 1.58 bits per heavy atom. The van der Waals surface area contributed by atoms with Crippen molar-refractivity contribution < 1.29 is 9.34 Å². The van der Waals surface area contributed by atoms with Crippen molar-refractivity contribution in [3.63, 3.8) is 0 Å². The van der Waals surface area contributed by atoms with Gasteiger partial charge in [0.05, 0.1) is 11.2 Å². The highest BCUT2D eigenvalue weighted by Gasteiger charge is 2.24. The number of hydrogen-bond donors (Lipinski definition) is 1. The first kappa shape index (κ1) is 13.1. The minimum absolute atomic E-state index is 0.0429. The Kier molecular flexibility index (Phi) is 3.84. The molecule has 2 heterocycles. The van der Waals surface area contributed by atoms with Gasteiger partial charge in [-0.1, -0.05) is 0 Å². The van der Waals surface area contributed by atoms with E-state index in [0.29, 0.717) is 31.0 Å². The smallest absolute Gasteiger partial charge is 0.333 e. The van der Waals surface area contributed by atoms with Crippen LogP contribution in [-0.2, 0) is 13.0 Å². The van der Waals surface area contributed by atoms with E-state index in [1.807, 2.05) is 19.1 Å². The number of hydrogen-bond acceptors (Lipinski definition) is 5. The van der Waals surface area contributed by atoms with E-state index in [0.717, 1.165) is 5.76 Å². The lowest BCUT2D eigenvalue weighted by Gasteiger charge is -2.06. The molecule has 0 aromatic carbocycles. The zero-order valence-corrected chi connectivity index (χ0v) is 10.9. The Morgan fingerprint density at radius 3 is 2.95 bits per heavy atom. The van der Waals surface area contributed by atoms with Crippen molar-refractivity contribution in [2.24, 2.45) is 0 Å². The summed E-state index contributed by atoms with van der Waals surface area (Å²) in [4.78, 5) is 10.7. The number of aryl methyl sites for hydroxylation is 2. The fraction of sp³-hybridized carbons (Fsp3) is 0.417. The van der Waals surface area contributed by atoms with Crippen LogP contribution in [0.15, 0.2) is 22.8 Å². The topological polar surface area (TPSA) is 86.1 Å². The number of nitro groups is 1. The van der Waals surface area contributed by atoms with Crippen molar-refractivity contribution in [3.05, 3.63) is 40.0 Å². The second-order valence-corrected chi connectivity index (χ2v) is 4.11. The zero-order chi connectivity index (χ0) is 13.8. The predicted octanol–water partition coefficient (Wildman–Crippen LogP) is 2.37. The van der Waals surface area contributed by atoms with Crippen LogP contribution in [0.2, 0.25) is 0 Å². The van der Waals surface area contributed by atoms with E-state index < -0.39 is 4.92 Å². The minimum atomic E-state index is -0.399. The van der Waals surface area contributed by atoms with Crippen molar-refractivity contribution in [2.75, 3.05) is 11.9 Å². The Labute approximate surface area is 110 Å². The quantitative estimate of drug-likeness (QED) is 0.639. The predicted molar refractivity (Wildman–Crippen MR) is 70.2 cm³/mol. The molecule has 0 saturated carbocycles. The molecule has 2 aromatic heterocycles. The van der Waals surface area contributed by atoms with Gasteiger partial charge in [-0.15, -0.1) is 0 Å². The Hall–Kier alpha value is -2.31. The van der Waals surface area contributed by atoms with E-state index in [-0.39, 0.29) is 5.69 Å². The number of aromatic nitrogens is 2. The second kappa shape index (κ2) is 5.55. The van der Waals surface area contributed by atoms with Gasteiger partial charge in [-0.2, -0.15) is 5.10 Å². The van der Waals surface area contributed by atoms with Crippen LogP contribution in [0.4, 0.5) is 11.5 Å². The molecule has 0 fully saturated rings. The van der Waals surface area contributed by atoms with Crippen LogP contribution < -0.4 is 5.32 Å². The number of furan rings is 1. The minimum Gasteiger partial charge on any atom is -0.469 e. The van der Waals surface area contributed by atoms with Gasteiger partial charge in [0.15, 0.2) is 0 Å². The van der Waals surface area contributed by atoms with Crippen LogP contribution >= 0.6 is 0 Å². The van der Waals surface area contributed by atoms with Gasteiger partial charge >= 0.3 is 5.69 Å². The van der Waals surface area contributed by atoms with Gasteiger partial charge in [0.1, 0.15) is 11.5 Å². The highest BCUT2D eigenvalue weighted by atomic mass is 16.6. The zero-order valence-electron chi connectivity index (χ0n) is 10.9. The van der Waals surface area contributed by atoms with Gasteiger partial charge in [-0.05, 0) is 26.0 Å². The van der Waals surface area contributed by atoms with Gasteiger partial charge in [0.25, 0.3) is 0 Å². The Balaban J connectivity index is 2.12. The third kappa shape index (κ3) is 2.75. The molecule has 0 saturated heterocycles. The molecule has 0 aliphatic carbocycles. The molecule has 0 radical (unpaired) electrons. The third-order valence-electron chi connectivity index (χ3n) is 2.82. The number of nitrogens with one attached hydrogen (secondary N) is 1. The molecule has 1 N–H and O–H groups in total. The Bertz CT molecular complexity index is 560. The average molecular weight is 264 g/mol. The van der Waals surface area contributed by atoms with Crippen molar-refractivity contribution in [1.82, 2.24) is 9.78 Å². The fourth-order valence-corrected chi connectivity index (χ4v) is 1.95. The molecule has 0 spiro atoms. The summed E-state index contributed by atoms with van der Waals surface area (Å²) in [5, 5.41) is 18.3. The molecule has 19 heavy (non-hydrogen) atoms. The molecule has 7 heteroatoms. The fourth-order valence-electron chi connectivity index (χ4n) is 1.95. The molecule has 0 atom stereocenters. The van der Waals surface area contributed by atoms with Crippen LogP contribution in [0, 0.1) is 17.0 Å². The monoisotopic (exact) mass is 264 g/mol. The van der Waals surface area contributed by atoms with Gasteiger partial charge in [-0.25, -0.2) is 4.68 Å². The molecule has 2 aromatic rings. The summed E-state index contributed by atoms with van der Waals surface area (Å²) in [6.45, 7) is 4.67. The number of rotatable bonds is 6. The maximum absolute atomic E-state index is 11.1. The molecule has 0 bridgehead atoms. The van der Waals surface area contributed by atoms with Gasteiger partial charge in [-0.3, -0.25) is 10.1 Å². The second-order valence-electron chi connectivity index (χ2n) is 4.11. The number of nitrogens with zero attached hydrogens (tertiary/aromatic N) is 3. The van der Waals surface area contributed by atoms with Crippen LogP contribution in [0.3, 0.4) is 0 Å². The maximum atomic E-state index is 11.1. The maximum Gasteiger partial charge on any atom is 0.333 e. The third-order valence-corrected chi connectivity index (χ3v) is 2.82. The van der Waals surface area contributed by atoms with E-state index in [2.05, 4.69) is 10.4 Å². The summed E-state index contributed by atoms with van der Waals surface area (Å²) in [5.74, 6) is 1.30.